The third kappa shape index (κ3) is 5.45. The molecule has 0 aliphatic carbocycles. The number of rotatable bonds is 6. The van der Waals surface area contributed by atoms with Gasteiger partial charge in [-0.05, 0) is 24.6 Å². The van der Waals surface area contributed by atoms with E-state index in [1.807, 2.05) is 25.4 Å². The summed E-state index contributed by atoms with van der Waals surface area (Å²) < 4.78 is 18.6. The van der Waals surface area contributed by atoms with Crippen molar-refractivity contribution in [2.45, 2.75) is 13.5 Å². The monoisotopic (exact) mass is 377 g/mol. The van der Waals surface area contributed by atoms with Crippen molar-refractivity contribution < 1.29 is 24.1 Å². The number of benzene rings is 1. The molecule has 8 heteroatoms. The number of carboxylic acid groups (broad SMARTS) is 1. The van der Waals surface area contributed by atoms with Gasteiger partial charge in [-0.2, -0.15) is 0 Å². The van der Waals surface area contributed by atoms with Gasteiger partial charge in [0.05, 0.1) is 33.0 Å². The molecule has 0 atom stereocenters. The van der Waals surface area contributed by atoms with Gasteiger partial charge >= 0.3 is 0 Å². The van der Waals surface area contributed by atoms with E-state index in [2.05, 4.69) is 20.5 Å². The van der Waals surface area contributed by atoms with Crippen LogP contribution in [0.25, 0.3) is 11.4 Å². The fourth-order valence-corrected chi connectivity index (χ4v) is 3.08. The minimum atomic E-state index is -0.250. The predicted octanol–water partition coefficient (Wildman–Crippen LogP) is 1.91. The van der Waals surface area contributed by atoms with Crippen molar-refractivity contribution in [2.75, 3.05) is 47.1 Å². The number of nitrogens with zero attached hydrogens (tertiary/aromatic N) is 3. The Bertz CT molecular complexity index is 726. The number of hydrogen-bond donors (Lipinski definition) is 1. The normalized spacial score (nSPS) is 14.2. The summed E-state index contributed by atoms with van der Waals surface area (Å²) in [5.41, 5.74) is 2.08. The minimum Gasteiger partial charge on any atom is -0.493 e. The molecule has 0 unspecified atom stereocenters. The molecular weight excluding hydrogens is 350 g/mol. The largest absolute Gasteiger partial charge is 0.493 e. The maximum atomic E-state index is 8.36. The number of ether oxygens (including phenoxy) is 3. The summed E-state index contributed by atoms with van der Waals surface area (Å²) in [5.74, 6) is 2.36. The number of imidazole rings is 1. The third-order valence-electron chi connectivity index (χ3n) is 4.34. The second kappa shape index (κ2) is 10.5. The van der Waals surface area contributed by atoms with E-state index < -0.39 is 0 Å². The highest BCUT2D eigenvalue weighted by Gasteiger charge is 2.18. The third-order valence-corrected chi connectivity index (χ3v) is 4.34. The smallest absolute Gasteiger partial charge is 0.290 e. The lowest BCUT2D eigenvalue weighted by molar-refractivity contribution is -0.122. The van der Waals surface area contributed by atoms with Crippen LogP contribution < -0.4 is 9.47 Å². The van der Waals surface area contributed by atoms with Crippen molar-refractivity contribution in [1.29, 1.82) is 0 Å². The van der Waals surface area contributed by atoms with Crippen molar-refractivity contribution in [2.24, 2.45) is 0 Å². The Morgan fingerprint density at radius 2 is 1.93 bits per heavy atom. The van der Waals surface area contributed by atoms with E-state index in [4.69, 9.17) is 24.1 Å². The summed E-state index contributed by atoms with van der Waals surface area (Å²) in [6.45, 7) is 7.29. The second-order valence-electron chi connectivity index (χ2n) is 6.05. The van der Waals surface area contributed by atoms with Crippen LogP contribution in [0, 0.1) is 6.92 Å². The first-order chi connectivity index (χ1) is 13.1. The molecule has 3 rings (SSSR count). The molecule has 1 aliphatic heterocycles. The summed E-state index contributed by atoms with van der Waals surface area (Å²) in [5, 5.41) is 6.89. The van der Waals surface area contributed by atoms with Crippen LogP contribution in [0.5, 0.6) is 11.5 Å². The molecule has 0 saturated carbocycles. The molecule has 1 aromatic heterocycles. The zero-order valence-electron chi connectivity index (χ0n) is 16.1. The number of carbonyl (C=O) groups is 1. The molecule has 1 aromatic carbocycles. The van der Waals surface area contributed by atoms with Crippen LogP contribution in [0.4, 0.5) is 0 Å². The van der Waals surface area contributed by atoms with Crippen LogP contribution >= 0.6 is 0 Å². The zero-order valence-corrected chi connectivity index (χ0v) is 16.1. The van der Waals surface area contributed by atoms with Gasteiger partial charge in [0.2, 0.25) is 0 Å². The Morgan fingerprint density at radius 3 is 2.56 bits per heavy atom. The quantitative estimate of drug-likeness (QED) is 0.770. The van der Waals surface area contributed by atoms with Gasteiger partial charge in [0.15, 0.2) is 11.5 Å². The molecule has 1 saturated heterocycles. The summed E-state index contributed by atoms with van der Waals surface area (Å²) in [6, 6.07) is 4.07. The van der Waals surface area contributed by atoms with Gasteiger partial charge in [-0.25, -0.2) is 4.98 Å². The molecule has 0 spiro atoms. The van der Waals surface area contributed by atoms with Gasteiger partial charge in [-0.15, -0.1) is 0 Å². The molecule has 1 aliphatic rings. The van der Waals surface area contributed by atoms with E-state index in [0.29, 0.717) is 0 Å². The van der Waals surface area contributed by atoms with E-state index >= 15 is 0 Å². The van der Waals surface area contributed by atoms with Gasteiger partial charge in [-0.3, -0.25) is 9.69 Å². The van der Waals surface area contributed by atoms with E-state index in [1.165, 1.54) is 0 Å². The van der Waals surface area contributed by atoms with Gasteiger partial charge < -0.3 is 23.9 Å². The van der Waals surface area contributed by atoms with Gasteiger partial charge in [0.25, 0.3) is 6.47 Å². The number of hydrogen-bond acceptors (Lipinski definition) is 6. The first kappa shape index (κ1) is 20.7. The topological polar surface area (TPSA) is 86.0 Å². The van der Waals surface area contributed by atoms with Crippen molar-refractivity contribution in [3.05, 3.63) is 30.1 Å². The Labute approximate surface area is 159 Å². The summed E-state index contributed by atoms with van der Waals surface area (Å²) >= 11 is 0. The lowest BCUT2D eigenvalue weighted by Crippen LogP contribution is -2.38. The minimum absolute atomic E-state index is 0.250. The number of morpholine rings is 1. The Morgan fingerprint density at radius 1 is 1.22 bits per heavy atom. The SMILES string of the molecule is COc1cc(C)cc(-c2nccn2CCN2CCOCC2)c1OC.O=CO. The van der Waals surface area contributed by atoms with Crippen molar-refractivity contribution in [3.8, 4) is 22.9 Å². The average Bonchev–Trinajstić information content (AvgIpc) is 3.15. The summed E-state index contributed by atoms with van der Waals surface area (Å²) in [6.07, 6.45) is 3.85. The molecule has 1 N–H and O–H groups in total. The summed E-state index contributed by atoms with van der Waals surface area (Å²) in [7, 11) is 3.32. The first-order valence-corrected chi connectivity index (χ1v) is 8.76. The molecular formula is C19H27N3O5. The standard InChI is InChI=1S/C18H25N3O3.CH2O2/c1-14-12-15(17(23-3)16(13-14)22-2)18-19-4-5-21(18)7-6-20-8-10-24-11-9-20;2-1-3/h4-5,12-13H,6-11H2,1-3H3;1H,(H,2,3). The molecule has 2 aromatic rings. The molecule has 0 bridgehead atoms. The van der Waals surface area contributed by atoms with E-state index in [9.17, 15) is 0 Å². The Balaban J connectivity index is 0.000000817. The van der Waals surface area contributed by atoms with Crippen LogP contribution in [0.15, 0.2) is 24.5 Å². The molecule has 148 valence electrons. The Kier molecular flexibility index (Phi) is 8.09. The van der Waals surface area contributed by atoms with Crippen molar-refractivity contribution in [1.82, 2.24) is 14.5 Å². The van der Waals surface area contributed by atoms with Gasteiger partial charge in [0.1, 0.15) is 5.82 Å². The predicted molar refractivity (Wildman–Crippen MR) is 101 cm³/mol. The maximum absolute atomic E-state index is 8.36. The molecule has 1 fully saturated rings. The van der Waals surface area contributed by atoms with E-state index in [0.717, 1.165) is 67.8 Å². The highest BCUT2D eigenvalue weighted by molar-refractivity contribution is 5.70. The number of aromatic nitrogens is 2. The summed E-state index contributed by atoms with van der Waals surface area (Å²) in [4.78, 5) is 15.3. The van der Waals surface area contributed by atoms with Crippen LogP contribution in [-0.4, -0.2) is 73.1 Å². The fourth-order valence-electron chi connectivity index (χ4n) is 3.08. The van der Waals surface area contributed by atoms with Crippen LogP contribution in [-0.2, 0) is 16.1 Å². The van der Waals surface area contributed by atoms with Gasteiger partial charge in [0, 0.05) is 38.6 Å². The van der Waals surface area contributed by atoms with Crippen LogP contribution in [0.1, 0.15) is 5.56 Å². The van der Waals surface area contributed by atoms with Crippen LogP contribution in [0.2, 0.25) is 0 Å². The second-order valence-corrected chi connectivity index (χ2v) is 6.05. The fraction of sp³-hybridized carbons (Fsp3) is 0.474. The molecule has 0 amide bonds. The maximum Gasteiger partial charge on any atom is 0.290 e. The Hall–Kier alpha value is -2.58. The van der Waals surface area contributed by atoms with Gasteiger partial charge in [-0.1, -0.05) is 0 Å². The number of methoxy groups -OCH3 is 2. The highest BCUT2D eigenvalue weighted by Crippen LogP contribution is 2.38. The number of aryl methyl sites for hydroxylation is 1. The molecule has 0 radical (unpaired) electrons. The van der Waals surface area contributed by atoms with E-state index in [-0.39, 0.29) is 6.47 Å². The molecule has 2 heterocycles. The lowest BCUT2D eigenvalue weighted by atomic mass is 10.1. The van der Waals surface area contributed by atoms with Crippen LogP contribution in [0.3, 0.4) is 0 Å². The average molecular weight is 377 g/mol. The lowest BCUT2D eigenvalue weighted by Gasteiger charge is -2.26. The molecule has 27 heavy (non-hydrogen) atoms. The van der Waals surface area contributed by atoms with Crippen molar-refractivity contribution in [3.63, 3.8) is 0 Å². The highest BCUT2D eigenvalue weighted by atomic mass is 16.5. The molecule has 8 nitrogen and oxygen atoms in total. The first-order valence-electron chi connectivity index (χ1n) is 8.76. The van der Waals surface area contributed by atoms with Crippen molar-refractivity contribution >= 4 is 6.47 Å². The van der Waals surface area contributed by atoms with E-state index in [1.54, 1.807) is 14.2 Å². The zero-order chi connectivity index (χ0) is 19.6.